The summed E-state index contributed by atoms with van der Waals surface area (Å²) in [6, 6.07) is 16.0. The number of hydrogen-bond donors (Lipinski definition) is 2. The molecule has 150 valence electrons. The van der Waals surface area contributed by atoms with Gasteiger partial charge in [-0.1, -0.05) is 30.3 Å². The van der Waals surface area contributed by atoms with Gasteiger partial charge in [-0.05, 0) is 43.5 Å². The second kappa shape index (κ2) is 7.59. The number of nitrogens with one attached hydrogen (secondary N) is 2. The van der Waals surface area contributed by atoms with Crippen molar-refractivity contribution >= 4 is 28.4 Å². The van der Waals surface area contributed by atoms with Crippen molar-refractivity contribution in [2.24, 2.45) is 5.92 Å². The summed E-state index contributed by atoms with van der Waals surface area (Å²) in [4.78, 5) is 25.5. The Kier molecular flexibility index (Phi) is 4.63. The van der Waals surface area contributed by atoms with Crippen molar-refractivity contribution in [3.63, 3.8) is 0 Å². The SMILES string of the molecule is C[C@H](Nc1cncc(-n2cnc3cc(NC(=O)C4CC4)ccc32)n1)c1ccccc1. The summed E-state index contributed by atoms with van der Waals surface area (Å²) in [6.45, 7) is 2.09. The number of aromatic nitrogens is 4. The van der Waals surface area contributed by atoms with E-state index in [0.717, 1.165) is 29.6 Å². The van der Waals surface area contributed by atoms with Crippen molar-refractivity contribution in [1.29, 1.82) is 0 Å². The molecule has 2 heterocycles. The van der Waals surface area contributed by atoms with Crippen LogP contribution in [0.25, 0.3) is 16.9 Å². The van der Waals surface area contributed by atoms with Crippen LogP contribution < -0.4 is 10.6 Å². The Bertz CT molecular complexity index is 1200. The molecule has 2 N–H and O–H groups in total. The lowest BCUT2D eigenvalue weighted by Crippen LogP contribution is -2.13. The minimum Gasteiger partial charge on any atom is -0.362 e. The zero-order valence-corrected chi connectivity index (χ0v) is 16.6. The van der Waals surface area contributed by atoms with Crippen LogP contribution in [0.15, 0.2) is 67.3 Å². The molecule has 1 fully saturated rings. The first kappa shape index (κ1) is 18.3. The number of amides is 1. The van der Waals surface area contributed by atoms with Crippen molar-refractivity contribution in [2.75, 3.05) is 10.6 Å². The Morgan fingerprint density at radius 2 is 1.97 bits per heavy atom. The number of benzene rings is 2. The first-order chi connectivity index (χ1) is 14.7. The highest BCUT2D eigenvalue weighted by Crippen LogP contribution is 2.30. The number of rotatable bonds is 6. The molecule has 1 saturated carbocycles. The summed E-state index contributed by atoms with van der Waals surface area (Å²) < 4.78 is 1.90. The fourth-order valence-corrected chi connectivity index (χ4v) is 3.45. The number of carbonyl (C=O) groups is 1. The van der Waals surface area contributed by atoms with E-state index in [2.05, 4.69) is 39.7 Å². The van der Waals surface area contributed by atoms with E-state index in [0.29, 0.717) is 11.6 Å². The molecule has 4 aromatic rings. The van der Waals surface area contributed by atoms with E-state index in [4.69, 9.17) is 4.98 Å². The summed E-state index contributed by atoms with van der Waals surface area (Å²) in [7, 11) is 0. The van der Waals surface area contributed by atoms with Gasteiger partial charge in [0.1, 0.15) is 12.1 Å². The molecule has 5 rings (SSSR count). The molecule has 0 unspecified atom stereocenters. The largest absolute Gasteiger partial charge is 0.362 e. The molecule has 0 aliphatic heterocycles. The number of hydrogen-bond acceptors (Lipinski definition) is 5. The highest BCUT2D eigenvalue weighted by atomic mass is 16.2. The van der Waals surface area contributed by atoms with Crippen LogP contribution in [0, 0.1) is 5.92 Å². The fourth-order valence-electron chi connectivity index (χ4n) is 3.45. The first-order valence-electron chi connectivity index (χ1n) is 10.1. The van der Waals surface area contributed by atoms with Crippen LogP contribution >= 0.6 is 0 Å². The van der Waals surface area contributed by atoms with E-state index in [-0.39, 0.29) is 17.9 Å². The van der Waals surface area contributed by atoms with Gasteiger partial charge in [-0.15, -0.1) is 0 Å². The Morgan fingerprint density at radius 3 is 2.77 bits per heavy atom. The molecular formula is C23H22N6O. The average Bonchev–Trinajstić information content (AvgIpc) is 3.54. The normalized spacial score (nSPS) is 14.4. The van der Waals surface area contributed by atoms with Crippen LogP contribution in [0.1, 0.15) is 31.4 Å². The van der Waals surface area contributed by atoms with Gasteiger partial charge in [0.2, 0.25) is 5.91 Å². The fraction of sp³-hybridized carbons (Fsp3) is 0.217. The highest BCUT2D eigenvalue weighted by molar-refractivity contribution is 5.95. The van der Waals surface area contributed by atoms with E-state index in [1.807, 2.05) is 41.0 Å². The average molecular weight is 398 g/mol. The van der Waals surface area contributed by atoms with Crippen molar-refractivity contribution in [2.45, 2.75) is 25.8 Å². The zero-order valence-electron chi connectivity index (χ0n) is 16.6. The van der Waals surface area contributed by atoms with Gasteiger partial charge in [0.25, 0.3) is 0 Å². The van der Waals surface area contributed by atoms with Crippen LogP contribution in [0.2, 0.25) is 0 Å². The Hall–Kier alpha value is -3.74. The number of imidazole rings is 1. The van der Waals surface area contributed by atoms with E-state index in [1.54, 1.807) is 18.7 Å². The summed E-state index contributed by atoms with van der Waals surface area (Å²) in [6.07, 6.45) is 7.12. The van der Waals surface area contributed by atoms with Crippen LogP contribution in [0.3, 0.4) is 0 Å². The maximum absolute atomic E-state index is 12.0. The predicted molar refractivity (Wildman–Crippen MR) is 116 cm³/mol. The summed E-state index contributed by atoms with van der Waals surface area (Å²) in [5, 5.41) is 6.37. The highest BCUT2D eigenvalue weighted by Gasteiger charge is 2.29. The molecular weight excluding hydrogens is 376 g/mol. The van der Waals surface area contributed by atoms with Crippen LogP contribution in [-0.2, 0) is 4.79 Å². The molecule has 7 heteroatoms. The standard InChI is InChI=1S/C23H22N6O/c1-15(16-5-3-2-4-6-16)26-21-12-24-13-22(28-21)29-14-25-19-11-18(9-10-20(19)29)27-23(30)17-7-8-17/h2-6,9-15,17H,7-8H2,1H3,(H,26,28)(H,27,30)/t15-/m0/s1. The summed E-state index contributed by atoms with van der Waals surface area (Å²) in [5.41, 5.74) is 3.64. The lowest BCUT2D eigenvalue weighted by atomic mass is 10.1. The van der Waals surface area contributed by atoms with Gasteiger partial charge in [-0.25, -0.2) is 9.97 Å². The second-order valence-corrected chi connectivity index (χ2v) is 7.62. The molecule has 7 nitrogen and oxygen atoms in total. The lowest BCUT2D eigenvalue weighted by Gasteiger charge is -2.15. The molecule has 1 atom stereocenters. The van der Waals surface area contributed by atoms with Crippen molar-refractivity contribution in [3.8, 4) is 5.82 Å². The molecule has 30 heavy (non-hydrogen) atoms. The third kappa shape index (κ3) is 3.74. The van der Waals surface area contributed by atoms with E-state index in [1.165, 1.54) is 5.56 Å². The molecule has 1 amide bonds. The maximum atomic E-state index is 12.0. The monoisotopic (exact) mass is 398 g/mol. The molecule has 0 spiro atoms. The van der Waals surface area contributed by atoms with Gasteiger partial charge in [0.15, 0.2) is 5.82 Å². The van der Waals surface area contributed by atoms with Gasteiger partial charge in [-0.3, -0.25) is 14.3 Å². The minimum absolute atomic E-state index is 0.0889. The Morgan fingerprint density at radius 1 is 1.13 bits per heavy atom. The third-order valence-electron chi connectivity index (χ3n) is 5.30. The molecule has 1 aliphatic rings. The van der Waals surface area contributed by atoms with Crippen LogP contribution in [-0.4, -0.2) is 25.4 Å². The van der Waals surface area contributed by atoms with Crippen LogP contribution in [0.4, 0.5) is 11.5 Å². The van der Waals surface area contributed by atoms with Crippen molar-refractivity contribution in [3.05, 3.63) is 72.8 Å². The lowest BCUT2D eigenvalue weighted by molar-refractivity contribution is -0.117. The third-order valence-corrected chi connectivity index (χ3v) is 5.30. The van der Waals surface area contributed by atoms with E-state index in [9.17, 15) is 4.79 Å². The van der Waals surface area contributed by atoms with E-state index >= 15 is 0 Å². The van der Waals surface area contributed by atoms with Gasteiger partial charge in [0, 0.05) is 17.6 Å². The molecule has 1 aliphatic carbocycles. The predicted octanol–water partition coefficient (Wildman–Crippen LogP) is 4.34. The molecule has 2 aromatic carbocycles. The number of anilines is 2. The molecule has 2 aromatic heterocycles. The van der Waals surface area contributed by atoms with E-state index < -0.39 is 0 Å². The summed E-state index contributed by atoms with van der Waals surface area (Å²) >= 11 is 0. The topological polar surface area (TPSA) is 84.7 Å². The first-order valence-corrected chi connectivity index (χ1v) is 10.1. The smallest absolute Gasteiger partial charge is 0.227 e. The Balaban J connectivity index is 1.38. The minimum atomic E-state index is 0.0889. The Labute approximate surface area is 174 Å². The summed E-state index contributed by atoms with van der Waals surface area (Å²) in [5.74, 6) is 1.63. The molecule has 0 saturated heterocycles. The molecule has 0 bridgehead atoms. The number of nitrogens with zero attached hydrogens (tertiary/aromatic N) is 4. The van der Waals surface area contributed by atoms with Crippen molar-refractivity contribution < 1.29 is 4.79 Å². The van der Waals surface area contributed by atoms with Crippen molar-refractivity contribution in [1.82, 2.24) is 19.5 Å². The molecule has 0 radical (unpaired) electrons. The van der Waals surface area contributed by atoms with Gasteiger partial charge < -0.3 is 10.6 Å². The number of fused-ring (bicyclic) bond motifs is 1. The zero-order chi connectivity index (χ0) is 20.5. The van der Waals surface area contributed by atoms with Crippen LogP contribution in [0.5, 0.6) is 0 Å². The second-order valence-electron chi connectivity index (χ2n) is 7.62. The maximum Gasteiger partial charge on any atom is 0.227 e. The number of carbonyl (C=O) groups excluding carboxylic acids is 1. The van der Waals surface area contributed by atoms with Gasteiger partial charge in [-0.2, -0.15) is 0 Å². The van der Waals surface area contributed by atoms with Gasteiger partial charge >= 0.3 is 0 Å². The quantitative estimate of drug-likeness (QED) is 0.505. The van der Waals surface area contributed by atoms with Gasteiger partial charge in [0.05, 0.1) is 23.4 Å².